The third-order valence-electron chi connectivity index (χ3n) is 5.56. The highest BCUT2D eigenvalue weighted by molar-refractivity contribution is 5.93. The van der Waals surface area contributed by atoms with Gasteiger partial charge in [0.2, 0.25) is 11.7 Å². The number of hydrogen-bond donors (Lipinski definition) is 2. The average molecular weight is 406 g/mol. The van der Waals surface area contributed by atoms with Gasteiger partial charge in [-0.25, -0.2) is 14.5 Å². The Morgan fingerprint density at radius 3 is 2.97 bits per heavy atom. The van der Waals surface area contributed by atoms with Crippen LogP contribution >= 0.6 is 0 Å². The zero-order valence-electron chi connectivity index (χ0n) is 17.0. The summed E-state index contributed by atoms with van der Waals surface area (Å²) in [6.07, 6.45) is 3.31. The largest absolute Gasteiger partial charge is 0.432 e. The number of aromatic amines is 1. The highest BCUT2D eigenvalue weighted by atomic mass is 16.4. The number of nitrogens with zero attached hydrogens (tertiary/aromatic N) is 5. The number of amides is 1. The second-order valence-electron chi connectivity index (χ2n) is 7.65. The summed E-state index contributed by atoms with van der Waals surface area (Å²) in [6.45, 7) is 5.77. The van der Waals surface area contributed by atoms with Gasteiger partial charge in [0.05, 0.1) is 28.9 Å². The molecule has 4 aromatic rings. The molecule has 0 spiro atoms. The van der Waals surface area contributed by atoms with E-state index < -0.39 is 12.1 Å². The van der Waals surface area contributed by atoms with Gasteiger partial charge in [-0.05, 0) is 38.5 Å². The zero-order valence-corrected chi connectivity index (χ0v) is 17.0. The number of carbonyl (C=O) groups is 1. The molecule has 9 nitrogen and oxygen atoms in total. The van der Waals surface area contributed by atoms with Gasteiger partial charge < -0.3 is 19.4 Å². The molecule has 1 amide bonds. The Bertz CT molecular complexity index is 1250. The normalized spacial score (nSPS) is 17.3. The van der Waals surface area contributed by atoms with E-state index in [-0.39, 0.29) is 17.6 Å². The molecule has 0 aliphatic carbocycles. The van der Waals surface area contributed by atoms with Crippen LogP contribution in [-0.4, -0.2) is 47.0 Å². The van der Waals surface area contributed by atoms with Crippen LogP contribution in [0.3, 0.4) is 0 Å². The fourth-order valence-electron chi connectivity index (χ4n) is 4.03. The number of pyridine rings is 1. The first-order valence-corrected chi connectivity index (χ1v) is 9.87. The summed E-state index contributed by atoms with van der Waals surface area (Å²) in [5, 5.41) is 14.5. The maximum Gasteiger partial charge on any atom is 0.292 e. The van der Waals surface area contributed by atoms with Crippen LogP contribution < -0.4 is 0 Å². The van der Waals surface area contributed by atoms with Crippen molar-refractivity contribution in [2.24, 2.45) is 0 Å². The molecule has 30 heavy (non-hydrogen) atoms. The number of oxazole rings is 1. The van der Waals surface area contributed by atoms with E-state index in [2.05, 4.69) is 15.0 Å². The smallest absolute Gasteiger partial charge is 0.292 e. The third-order valence-corrected chi connectivity index (χ3v) is 5.56. The van der Waals surface area contributed by atoms with Crippen LogP contribution in [0.15, 0.2) is 35.1 Å². The summed E-state index contributed by atoms with van der Waals surface area (Å²) in [7, 11) is 0. The quantitative estimate of drug-likeness (QED) is 0.541. The lowest BCUT2D eigenvalue weighted by atomic mass is 9.99. The van der Waals surface area contributed by atoms with Gasteiger partial charge in [-0.3, -0.25) is 4.79 Å². The molecule has 1 aliphatic heterocycles. The lowest BCUT2D eigenvalue weighted by Gasteiger charge is -2.33. The summed E-state index contributed by atoms with van der Waals surface area (Å²) in [4.78, 5) is 27.1. The zero-order chi connectivity index (χ0) is 21.0. The van der Waals surface area contributed by atoms with E-state index in [0.717, 1.165) is 28.2 Å². The molecule has 0 fully saturated rings. The maximum absolute atomic E-state index is 13.5. The Morgan fingerprint density at radius 2 is 2.23 bits per heavy atom. The van der Waals surface area contributed by atoms with Gasteiger partial charge in [-0.1, -0.05) is 6.07 Å². The Kier molecular flexibility index (Phi) is 4.21. The number of hydrogen-bond acceptors (Lipinski definition) is 6. The van der Waals surface area contributed by atoms with Gasteiger partial charge in [-0.15, -0.1) is 0 Å². The first-order valence-electron chi connectivity index (χ1n) is 9.87. The molecule has 5 heterocycles. The lowest BCUT2D eigenvalue weighted by molar-refractivity contribution is 0.0644. The number of nitrogens with one attached hydrogen (secondary N) is 1. The molecule has 0 bridgehead atoms. The summed E-state index contributed by atoms with van der Waals surface area (Å²) in [5.74, 6) is -0.0256. The van der Waals surface area contributed by atoms with Gasteiger partial charge in [0.15, 0.2) is 0 Å². The second kappa shape index (κ2) is 6.81. The Balaban J connectivity index is 1.62. The third kappa shape index (κ3) is 2.81. The number of rotatable bonds is 3. The van der Waals surface area contributed by atoms with Crippen molar-refractivity contribution < 1.29 is 14.3 Å². The Labute approximate surface area is 172 Å². The fraction of sp³-hybridized carbons (Fsp3) is 0.333. The molecule has 0 unspecified atom stereocenters. The van der Waals surface area contributed by atoms with E-state index in [4.69, 9.17) is 9.52 Å². The van der Waals surface area contributed by atoms with Crippen LogP contribution in [0.4, 0.5) is 0 Å². The van der Waals surface area contributed by atoms with Gasteiger partial charge in [0, 0.05) is 24.9 Å². The van der Waals surface area contributed by atoms with E-state index in [0.29, 0.717) is 18.7 Å². The van der Waals surface area contributed by atoms with Crippen LogP contribution in [0, 0.1) is 13.8 Å². The minimum Gasteiger partial charge on any atom is -0.432 e. The number of aliphatic hydroxyl groups is 1. The summed E-state index contributed by atoms with van der Waals surface area (Å²) in [6, 6.07) is 5.52. The van der Waals surface area contributed by atoms with Crippen molar-refractivity contribution in [3.63, 3.8) is 0 Å². The first-order chi connectivity index (χ1) is 14.4. The van der Waals surface area contributed by atoms with Crippen molar-refractivity contribution in [1.29, 1.82) is 0 Å². The summed E-state index contributed by atoms with van der Waals surface area (Å²) < 4.78 is 7.44. The van der Waals surface area contributed by atoms with Crippen molar-refractivity contribution in [2.45, 2.75) is 39.3 Å². The molecular formula is C21H22N6O3. The van der Waals surface area contributed by atoms with Crippen LogP contribution in [0.5, 0.6) is 0 Å². The number of aliphatic hydroxyl groups excluding tert-OH is 1. The molecule has 5 rings (SSSR count). The van der Waals surface area contributed by atoms with Gasteiger partial charge >= 0.3 is 0 Å². The standard InChI is InChI=1S/C21H22N6O3/c1-11-5-4-7-27-16(11)9-15(25-27)18-17-14(22-10-23-17)6-8-26(18)21(29)19-12(2)24-20(30-19)13(3)28/h4-5,7,9-10,13,18,28H,6,8H2,1-3H3,(H,22,23)/t13-,18+/m0/s1. The van der Waals surface area contributed by atoms with Crippen molar-refractivity contribution >= 4 is 11.4 Å². The molecule has 9 heteroatoms. The number of carbonyl (C=O) groups excluding carboxylic acids is 1. The summed E-state index contributed by atoms with van der Waals surface area (Å²) >= 11 is 0. The SMILES string of the molecule is Cc1nc([C@H](C)O)oc1C(=O)N1CCc2[nH]cnc2[C@H]1c1cc2c(C)cccn2n1. The van der Waals surface area contributed by atoms with E-state index in [1.165, 1.54) is 0 Å². The molecule has 0 radical (unpaired) electrons. The predicted octanol–water partition coefficient (Wildman–Crippen LogP) is 2.50. The van der Waals surface area contributed by atoms with Crippen LogP contribution in [0.25, 0.3) is 5.52 Å². The van der Waals surface area contributed by atoms with Gasteiger partial charge in [0.25, 0.3) is 5.91 Å². The van der Waals surface area contributed by atoms with Gasteiger partial charge in [0.1, 0.15) is 12.1 Å². The van der Waals surface area contributed by atoms with E-state index in [1.807, 2.05) is 35.8 Å². The fourth-order valence-corrected chi connectivity index (χ4v) is 4.03. The highest BCUT2D eigenvalue weighted by Crippen LogP contribution is 2.35. The topological polar surface area (TPSA) is 113 Å². The van der Waals surface area contributed by atoms with Crippen LogP contribution in [0.2, 0.25) is 0 Å². The molecule has 0 saturated carbocycles. The molecule has 1 aliphatic rings. The number of aryl methyl sites for hydroxylation is 2. The molecule has 0 aromatic carbocycles. The minimum atomic E-state index is -0.887. The van der Waals surface area contributed by atoms with Crippen molar-refractivity contribution in [1.82, 2.24) is 29.5 Å². The Hall–Kier alpha value is -3.46. The second-order valence-corrected chi connectivity index (χ2v) is 7.65. The molecule has 2 N–H and O–H groups in total. The van der Waals surface area contributed by atoms with Crippen molar-refractivity contribution in [2.75, 3.05) is 6.54 Å². The molecule has 0 saturated heterocycles. The lowest BCUT2D eigenvalue weighted by Crippen LogP contribution is -2.41. The van der Waals surface area contributed by atoms with Gasteiger partial charge in [-0.2, -0.15) is 5.10 Å². The maximum atomic E-state index is 13.5. The average Bonchev–Trinajstić information content (AvgIpc) is 3.44. The molecule has 4 aromatic heterocycles. The predicted molar refractivity (Wildman–Crippen MR) is 107 cm³/mol. The van der Waals surface area contributed by atoms with Crippen LogP contribution in [0.1, 0.15) is 63.9 Å². The number of H-pyrrole nitrogens is 1. The van der Waals surface area contributed by atoms with E-state index in [1.54, 1.807) is 25.1 Å². The van der Waals surface area contributed by atoms with E-state index in [9.17, 15) is 9.90 Å². The molecular weight excluding hydrogens is 384 g/mol. The monoisotopic (exact) mass is 406 g/mol. The minimum absolute atomic E-state index is 0.133. The van der Waals surface area contributed by atoms with E-state index >= 15 is 0 Å². The van der Waals surface area contributed by atoms with Crippen molar-refractivity contribution in [3.8, 4) is 0 Å². The highest BCUT2D eigenvalue weighted by Gasteiger charge is 2.38. The number of imidazole rings is 1. The number of aromatic nitrogens is 5. The van der Waals surface area contributed by atoms with Crippen molar-refractivity contribution in [3.05, 3.63) is 70.7 Å². The summed E-state index contributed by atoms with van der Waals surface area (Å²) in [5.41, 5.74) is 5.04. The number of fused-ring (bicyclic) bond motifs is 2. The molecule has 2 atom stereocenters. The molecule has 154 valence electrons. The van der Waals surface area contributed by atoms with Crippen LogP contribution in [-0.2, 0) is 6.42 Å². The first kappa shape index (κ1) is 18.6. The Morgan fingerprint density at radius 1 is 1.40 bits per heavy atom.